The molecule has 0 aromatic heterocycles. The first-order valence-corrected chi connectivity index (χ1v) is 5.98. The molecule has 0 atom stereocenters. The van der Waals surface area contributed by atoms with Crippen LogP contribution < -0.4 is 10.1 Å². The van der Waals surface area contributed by atoms with Gasteiger partial charge in [-0.15, -0.1) is 0 Å². The summed E-state index contributed by atoms with van der Waals surface area (Å²) in [6.45, 7) is 7.28. The largest absolute Gasteiger partial charge is 0.490 e. The molecule has 0 aliphatic heterocycles. The predicted octanol–water partition coefficient (Wildman–Crippen LogP) is 3.26. The van der Waals surface area contributed by atoms with E-state index in [2.05, 4.69) is 37.0 Å². The van der Waals surface area contributed by atoms with E-state index in [0.29, 0.717) is 6.61 Å². The lowest BCUT2D eigenvalue weighted by Crippen LogP contribution is -2.09. The second kappa shape index (κ2) is 7.69. The molecule has 0 heterocycles. The Morgan fingerprint density at radius 1 is 1.35 bits per heavy atom. The first kappa shape index (κ1) is 13.5. The van der Waals surface area contributed by atoms with E-state index in [9.17, 15) is 0 Å². The summed E-state index contributed by atoms with van der Waals surface area (Å²) in [6.07, 6.45) is 5.03. The van der Waals surface area contributed by atoms with Gasteiger partial charge in [0.05, 0.1) is 0 Å². The fraction of sp³-hybridized carbons (Fsp3) is 0.333. The molecule has 2 heteroatoms. The molecule has 0 saturated carbocycles. The van der Waals surface area contributed by atoms with E-state index in [1.54, 1.807) is 6.08 Å². The van der Waals surface area contributed by atoms with Crippen molar-refractivity contribution in [3.05, 3.63) is 48.1 Å². The first-order valence-electron chi connectivity index (χ1n) is 5.98. The first-order chi connectivity index (χ1) is 8.30. The third-order valence-electron chi connectivity index (χ3n) is 2.48. The summed E-state index contributed by atoms with van der Waals surface area (Å²) in [4.78, 5) is 0. The quantitative estimate of drug-likeness (QED) is 0.727. The van der Waals surface area contributed by atoms with Crippen molar-refractivity contribution in [2.24, 2.45) is 0 Å². The number of benzene rings is 1. The zero-order valence-corrected chi connectivity index (χ0v) is 10.7. The Morgan fingerprint density at radius 2 is 2.06 bits per heavy atom. The molecule has 0 amide bonds. The Labute approximate surface area is 104 Å². The number of rotatable bonds is 7. The molecule has 17 heavy (non-hydrogen) atoms. The molecule has 0 aliphatic rings. The van der Waals surface area contributed by atoms with Gasteiger partial charge in [0, 0.05) is 6.54 Å². The van der Waals surface area contributed by atoms with Gasteiger partial charge in [-0.3, -0.25) is 0 Å². The Hall–Kier alpha value is -1.54. The Morgan fingerprint density at radius 3 is 2.59 bits per heavy atom. The molecular formula is C15H21NO. The van der Waals surface area contributed by atoms with E-state index < -0.39 is 0 Å². The lowest BCUT2D eigenvalue weighted by Gasteiger charge is -2.05. The van der Waals surface area contributed by atoms with E-state index in [0.717, 1.165) is 18.7 Å². The summed E-state index contributed by atoms with van der Waals surface area (Å²) < 4.78 is 5.44. The van der Waals surface area contributed by atoms with Crippen LogP contribution in [0.4, 0.5) is 0 Å². The fourth-order valence-electron chi connectivity index (χ4n) is 1.56. The normalized spacial score (nSPS) is 11.3. The lowest BCUT2D eigenvalue weighted by atomic mass is 10.1. The number of likely N-dealkylation sites (N-methyl/N-ethyl adjacent to an activating group) is 1. The van der Waals surface area contributed by atoms with Gasteiger partial charge < -0.3 is 10.1 Å². The van der Waals surface area contributed by atoms with Gasteiger partial charge in [0.2, 0.25) is 0 Å². The minimum Gasteiger partial charge on any atom is -0.490 e. The fourth-order valence-corrected chi connectivity index (χ4v) is 1.56. The summed E-state index contributed by atoms with van der Waals surface area (Å²) in [7, 11) is 1.97. The van der Waals surface area contributed by atoms with Gasteiger partial charge in [-0.2, -0.15) is 0 Å². The second-order valence-electron chi connectivity index (χ2n) is 3.86. The molecule has 0 fully saturated rings. The van der Waals surface area contributed by atoms with Crippen molar-refractivity contribution in [2.75, 3.05) is 20.2 Å². The molecular weight excluding hydrogens is 210 g/mol. The van der Waals surface area contributed by atoms with Crippen LogP contribution in [0.5, 0.6) is 5.75 Å². The van der Waals surface area contributed by atoms with E-state index in [1.807, 2.05) is 19.2 Å². The van der Waals surface area contributed by atoms with Crippen molar-refractivity contribution in [2.45, 2.75) is 13.3 Å². The van der Waals surface area contributed by atoms with Crippen molar-refractivity contribution >= 4 is 6.08 Å². The summed E-state index contributed by atoms with van der Waals surface area (Å²) in [5.41, 5.74) is 2.61. The molecule has 0 saturated heterocycles. The van der Waals surface area contributed by atoms with Gasteiger partial charge in [-0.1, -0.05) is 43.4 Å². The van der Waals surface area contributed by atoms with E-state index >= 15 is 0 Å². The van der Waals surface area contributed by atoms with Crippen LogP contribution in [-0.4, -0.2) is 20.2 Å². The lowest BCUT2D eigenvalue weighted by molar-refractivity contribution is 0.363. The van der Waals surface area contributed by atoms with Gasteiger partial charge in [0.15, 0.2) is 0 Å². The minimum atomic E-state index is 0.551. The van der Waals surface area contributed by atoms with Crippen LogP contribution in [-0.2, 0) is 0 Å². The van der Waals surface area contributed by atoms with Crippen molar-refractivity contribution < 1.29 is 4.74 Å². The molecule has 0 radical (unpaired) electrons. The van der Waals surface area contributed by atoms with Crippen LogP contribution in [0.1, 0.15) is 18.9 Å². The third kappa shape index (κ3) is 4.87. The second-order valence-corrected chi connectivity index (χ2v) is 3.86. The highest BCUT2D eigenvalue weighted by atomic mass is 16.5. The Balaban J connectivity index is 2.69. The molecule has 0 unspecified atom stereocenters. The van der Waals surface area contributed by atoms with Crippen LogP contribution in [0.15, 0.2) is 42.5 Å². The SMILES string of the molecule is C=CCOc1ccc(C=C(CC)CNC)cc1. The van der Waals surface area contributed by atoms with Crippen LogP contribution in [0.25, 0.3) is 6.08 Å². The smallest absolute Gasteiger partial charge is 0.119 e. The predicted molar refractivity (Wildman–Crippen MR) is 74.3 cm³/mol. The highest BCUT2D eigenvalue weighted by Gasteiger charge is 1.95. The van der Waals surface area contributed by atoms with E-state index in [1.165, 1.54) is 11.1 Å². The van der Waals surface area contributed by atoms with Crippen molar-refractivity contribution in [1.29, 1.82) is 0 Å². The minimum absolute atomic E-state index is 0.551. The molecule has 0 spiro atoms. The highest BCUT2D eigenvalue weighted by Crippen LogP contribution is 2.15. The summed E-state index contributed by atoms with van der Waals surface area (Å²) in [6, 6.07) is 8.12. The molecule has 1 aromatic carbocycles. The number of hydrogen-bond acceptors (Lipinski definition) is 2. The van der Waals surface area contributed by atoms with Crippen LogP contribution in [0.2, 0.25) is 0 Å². The van der Waals surface area contributed by atoms with Gasteiger partial charge in [-0.05, 0) is 31.2 Å². The van der Waals surface area contributed by atoms with Gasteiger partial charge in [0.1, 0.15) is 12.4 Å². The van der Waals surface area contributed by atoms with Gasteiger partial charge >= 0.3 is 0 Å². The van der Waals surface area contributed by atoms with Crippen LogP contribution in [0.3, 0.4) is 0 Å². The Kier molecular flexibility index (Phi) is 6.12. The maximum Gasteiger partial charge on any atom is 0.119 e. The van der Waals surface area contributed by atoms with Gasteiger partial charge in [0.25, 0.3) is 0 Å². The molecule has 1 rings (SSSR count). The molecule has 1 aromatic rings. The van der Waals surface area contributed by atoms with Crippen molar-refractivity contribution in [3.63, 3.8) is 0 Å². The summed E-state index contributed by atoms with van der Waals surface area (Å²) >= 11 is 0. The average Bonchev–Trinajstić information content (AvgIpc) is 2.37. The van der Waals surface area contributed by atoms with Gasteiger partial charge in [-0.25, -0.2) is 0 Å². The third-order valence-corrected chi connectivity index (χ3v) is 2.48. The molecule has 2 nitrogen and oxygen atoms in total. The van der Waals surface area contributed by atoms with Crippen molar-refractivity contribution in [1.82, 2.24) is 5.32 Å². The monoisotopic (exact) mass is 231 g/mol. The topological polar surface area (TPSA) is 21.3 Å². The number of ether oxygens (including phenoxy) is 1. The van der Waals surface area contributed by atoms with Crippen molar-refractivity contribution in [3.8, 4) is 5.75 Å². The maximum absolute atomic E-state index is 5.44. The highest BCUT2D eigenvalue weighted by molar-refractivity contribution is 5.54. The number of hydrogen-bond donors (Lipinski definition) is 1. The average molecular weight is 231 g/mol. The molecule has 0 bridgehead atoms. The summed E-state index contributed by atoms with van der Waals surface area (Å²) in [5.74, 6) is 0.883. The molecule has 92 valence electrons. The van der Waals surface area contributed by atoms with E-state index in [4.69, 9.17) is 4.74 Å². The zero-order valence-electron chi connectivity index (χ0n) is 10.7. The molecule has 1 N–H and O–H groups in total. The summed E-state index contributed by atoms with van der Waals surface area (Å²) in [5, 5.41) is 3.17. The molecule has 0 aliphatic carbocycles. The van der Waals surface area contributed by atoms with Crippen LogP contribution >= 0.6 is 0 Å². The van der Waals surface area contributed by atoms with Crippen LogP contribution in [0, 0.1) is 0 Å². The maximum atomic E-state index is 5.44. The zero-order chi connectivity index (χ0) is 12.5. The number of nitrogens with one attached hydrogen (secondary N) is 1. The van der Waals surface area contributed by atoms with E-state index in [-0.39, 0.29) is 0 Å². The Bertz CT molecular complexity index is 365. The standard InChI is InChI=1S/C15H21NO/c1-4-10-17-15-8-6-14(7-9-15)11-13(5-2)12-16-3/h4,6-9,11,16H,1,5,10,12H2,2-3H3.